The van der Waals surface area contributed by atoms with Gasteiger partial charge in [0.05, 0.1) is 6.42 Å². The van der Waals surface area contributed by atoms with Crippen LogP contribution in [0.1, 0.15) is 17.5 Å². The Balaban J connectivity index is 1.50. The quantitative estimate of drug-likeness (QED) is 0.195. The van der Waals surface area contributed by atoms with Crippen LogP contribution in [0.4, 0.5) is 4.79 Å². The SMILES string of the molecule is O=C(O)CCN(Cc1ccc(-c2ccccc2-c2nn[nH]n2)cc1)C(=O)NC(Cc1ccc(O)cc1)C(=O)O. The molecular weight excluding hydrogens is 504 g/mol. The lowest BCUT2D eigenvalue weighted by molar-refractivity contribution is -0.139. The highest BCUT2D eigenvalue weighted by Gasteiger charge is 2.24. The Morgan fingerprint density at radius 2 is 1.56 bits per heavy atom. The molecule has 1 atom stereocenters. The molecule has 4 aromatic rings. The third-order valence-corrected chi connectivity index (χ3v) is 6.01. The summed E-state index contributed by atoms with van der Waals surface area (Å²) in [5, 5.41) is 44.9. The topological polar surface area (TPSA) is 182 Å². The predicted octanol–water partition coefficient (Wildman–Crippen LogP) is 2.92. The van der Waals surface area contributed by atoms with Crippen molar-refractivity contribution in [2.75, 3.05) is 6.54 Å². The van der Waals surface area contributed by atoms with Crippen LogP contribution in [0.3, 0.4) is 0 Å². The molecule has 0 saturated heterocycles. The summed E-state index contributed by atoms with van der Waals surface area (Å²) in [6, 6.07) is 19.0. The van der Waals surface area contributed by atoms with Crippen LogP contribution in [0.2, 0.25) is 0 Å². The number of phenols is 1. The second-order valence-corrected chi connectivity index (χ2v) is 8.75. The lowest BCUT2D eigenvalue weighted by atomic mass is 9.98. The van der Waals surface area contributed by atoms with E-state index in [1.807, 2.05) is 48.5 Å². The molecule has 5 N–H and O–H groups in total. The van der Waals surface area contributed by atoms with Gasteiger partial charge in [0.15, 0.2) is 0 Å². The van der Waals surface area contributed by atoms with Crippen molar-refractivity contribution in [2.45, 2.75) is 25.4 Å². The molecule has 3 aromatic carbocycles. The maximum absolute atomic E-state index is 13.1. The number of amides is 2. The summed E-state index contributed by atoms with van der Waals surface area (Å²) >= 11 is 0. The Morgan fingerprint density at radius 3 is 2.18 bits per heavy atom. The number of aromatic nitrogens is 4. The smallest absolute Gasteiger partial charge is 0.326 e. The summed E-state index contributed by atoms with van der Waals surface area (Å²) < 4.78 is 0. The molecule has 12 heteroatoms. The third-order valence-electron chi connectivity index (χ3n) is 6.01. The Morgan fingerprint density at radius 1 is 0.897 bits per heavy atom. The average molecular weight is 531 g/mol. The number of aliphatic carboxylic acids is 2. The number of carbonyl (C=O) groups is 3. The van der Waals surface area contributed by atoms with Gasteiger partial charge in [-0.3, -0.25) is 4.79 Å². The van der Waals surface area contributed by atoms with Crippen LogP contribution in [0.15, 0.2) is 72.8 Å². The van der Waals surface area contributed by atoms with Gasteiger partial charge >= 0.3 is 18.0 Å². The molecular formula is C27H26N6O6. The number of carboxylic acids is 2. The van der Waals surface area contributed by atoms with E-state index >= 15 is 0 Å². The molecule has 2 amide bonds. The third kappa shape index (κ3) is 7.16. The Hall–Kier alpha value is -5.26. The molecule has 1 aromatic heterocycles. The molecule has 1 unspecified atom stereocenters. The summed E-state index contributed by atoms with van der Waals surface area (Å²) in [5.41, 5.74) is 3.87. The van der Waals surface area contributed by atoms with Gasteiger partial charge in [-0.2, -0.15) is 5.21 Å². The van der Waals surface area contributed by atoms with Crippen LogP contribution >= 0.6 is 0 Å². The van der Waals surface area contributed by atoms with Crippen LogP contribution in [0, 0.1) is 0 Å². The molecule has 4 rings (SSSR count). The van der Waals surface area contributed by atoms with Crippen LogP contribution in [-0.2, 0) is 22.6 Å². The maximum atomic E-state index is 13.1. The Labute approximate surface area is 222 Å². The molecule has 0 radical (unpaired) electrons. The second kappa shape index (κ2) is 12.3. The van der Waals surface area contributed by atoms with Crippen molar-refractivity contribution in [3.8, 4) is 28.3 Å². The van der Waals surface area contributed by atoms with Gasteiger partial charge in [0.2, 0.25) is 5.82 Å². The number of benzene rings is 3. The number of rotatable bonds is 11. The highest BCUT2D eigenvalue weighted by atomic mass is 16.4. The van der Waals surface area contributed by atoms with Crippen molar-refractivity contribution >= 4 is 18.0 Å². The summed E-state index contributed by atoms with van der Waals surface area (Å²) in [5.74, 6) is -1.83. The second-order valence-electron chi connectivity index (χ2n) is 8.75. The molecule has 0 bridgehead atoms. The van der Waals surface area contributed by atoms with Gasteiger partial charge in [0, 0.05) is 25.1 Å². The number of H-pyrrole nitrogens is 1. The first-order chi connectivity index (χ1) is 18.8. The zero-order valence-corrected chi connectivity index (χ0v) is 20.7. The van der Waals surface area contributed by atoms with E-state index in [9.17, 15) is 29.7 Å². The minimum absolute atomic E-state index is 0.0113. The summed E-state index contributed by atoms with van der Waals surface area (Å²) in [7, 11) is 0. The lowest BCUT2D eigenvalue weighted by Gasteiger charge is -2.25. The van der Waals surface area contributed by atoms with E-state index < -0.39 is 24.0 Å². The summed E-state index contributed by atoms with van der Waals surface area (Å²) in [4.78, 5) is 37.4. The van der Waals surface area contributed by atoms with Crippen molar-refractivity contribution < 1.29 is 29.7 Å². The van der Waals surface area contributed by atoms with E-state index in [0.29, 0.717) is 11.4 Å². The number of phenolic OH excluding ortho intramolecular Hbond substituents is 1. The van der Waals surface area contributed by atoms with E-state index in [1.54, 1.807) is 12.1 Å². The van der Waals surface area contributed by atoms with E-state index in [2.05, 4.69) is 25.9 Å². The number of carbonyl (C=O) groups excluding carboxylic acids is 1. The molecule has 0 spiro atoms. The number of hydrogen-bond donors (Lipinski definition) is 5. The zero-order valence-electron chi connectivity index (χ0n) is 20.7. The lowest BCUT2D eigenvalue weighted by Crippen LogP contribution is -2.49. The fourth-order valence-corrected chi connectivity index (χ4v) is 4.01. The van der Waals surface area contributed by atoms with Crippen LogP contribution in [0.5, 0.6) is 5.75 Å². The average Bonchev–Trinajstić information content (AvgIpc) is 3.47. The van der Waals surface area contributed by atoms with E-state index in [0.717, 1.165) is 22.3 Å². The summed E-state index contributed by atoms with van der Waals surface area (Å²) in [6.07, 6.45) is -0.318. The highest BCUT2D eigenvalue weighted by Crippen LogP contribution is 2.29. The van der Waals surface area contributed by atoms with Crippen molar-refractivity contribution in [2.24, 2.45) is 0 Å². The molecule has 12 nitrogen and oxygen atoms in total. The maximum Gasteiger partial charge on any atom is 0.326 e. The molecule has 0 saturated carbocycles. The molecule has 200 valence electrons. The minimum atomic E-state index is -1.25. The number of nitrogens with zero attached hydrogens (tertiary/aromatic N) is 4. The van der Waals surface area contributed by atoms with Gasteiger partial charge in [0.25, 0.3) is 0 Å². The van der Waals surface area contributed by atoms with Gasteiger partial charge in [-0.15, -0.1) is 10.2 Å². The first-order valence-electron chi connectivity index (χ1n) is 12.0. The minimum Gasteiger partial charge on any atom is -0.508 e. The van der Waals surface area contributed by atoms with Gasteiger partial charge in [-0.25, -0.2) is 9.59 Å². The number of tetrazole rings is 1. The number of aromatic amines is 1. The van der Waals surface area contributed by atoms with E-state index in [-0.39, 0.29) is 31.7 Å². The molecule has 0 fully saturated rings. The van der Waals surface area contributed by atoms with Gasteiger partial charge in [0.1, 0.15) is 11.8 Å². The van der Waals surface area contributed by atoms with Crippen molar-refractivity contribution in [3.63, 3.8) is 0 Å². The Kier molecular flexibility index (Phi) is 8.46. The number of nitrogens with one attached hydrogen (secondary N) is 2. The molecule has 0 aliphatic rings. The molecule has 0 aliphatic heterocycles. The van der Waals surface area contributed by atoms with Gasteiger partial charge in [-0.1, -0.05) is 60.7 Å². The molecule has 0 aliphatic carbocycles. The van der Waals surface area contributed by atoms with Crippen LogP contribution in [-0.4, -0.2) is 71.4 Å². The Bertz CT molecular complexity index is 1420. The molecule has 39 heavy (non-hydrogen) atoms. The van der Waals surface area contributed by atoms with Crippen molar-refractivity contribution in [1.82, 2.24) is 30.8 Å². The van der Waals surface area contributed by atoms with E-state index in [4.69, 9.17) is 0 Å². The number of aromatic hydroxyl groups is 1. The normalized spacial score (nSPS) is 11.5. The number of hydrogen-bond acceptors (Lipinski definition) is 7. The standard InChI is InChI=1S/C27H26N6O6/c34-20-11-7-17(8-12-20)15-23(26(37)38)28-27(39)33(14-13-24(35)36)16-18-5-9-19(10-6-18)21-3-1-2-4-22(21)25-29-31-32-30-25/h1-12,23,34H,13-16H2,(H,28,39)(H,35,36)(H,37,38)(H,29,30,31,32). The first-order valence-corrected chi connectivity index (χ1v) is 12.0. The van der Waals surface area contributed by atoms with Gasteiger partial charge in [-0.05, 0) is 39.6 Å². The van der Waals surface area contributed by atoms with Gasteiger partial charge < -0.3 is 25.5 Å². The monoisotopic (exact) mass is 530 g/mol. The zero-order chi connectivity index (χ0) is 27.8. The number of urea groups is 1. The van der Waals surface area contributed by atoms with E-state index in [1.165, 1.54) is 17.0 Å². The number of carboxylic acid groups (broad SMARTS) is 2. The van der Waals surface area contributed by atoms with Crippen molar-refractivity contribution in [3.05, 3.63) is 83.9 Å². The largest absolute Gasteiger partial charge is 0.508 e. The molecule has 1 heterocycles. The first kappa shape index (κ1) is 26.8. The summed E-state index contributed by atoms with van der Waals surface area (Å²) in [6.45, 7) is -0.0490. The van der Waals surface area contributed by atoms with Crippen LogP contribution in [0.25, 0.3) is 22.5 Å². The highest BCUT2D eigenvalue weighted by molar-refractivity contribution is 5.83. The fourth-order valence-electron chi connectivity index (χ4n) is 4.01. The van der Waals surface area contributed by atoms with Crippen molar-refractivity contribution in [1.29, 1.82) is 0 Å². The predicted molar refractivity (Wildman–Crippen MR) is 139 cm³/mol. The van der Waals surface area contributed by atoms with Crippen LogP contribution < -0.4 is 5.32 Å². The fraction of sp³-hybridized carbons (Fsp3) is 0.185.